The van der Waals surface area contributed by atoms with Crippen LogP contribution in [0.1, 0.15) is 20.7 Å². The highest BCUT2D eigenvalue weighted by molar-refractivity contribution is 5.89. The zero-order chi connectivity index (χ0) is 21.2. The summed E-state index contributed by atoms with van der Waals surface area (Å²) in [4.78, 5) is 11.5. The summed E-state index contributed by atoms with van der Waals surface area (Å²) in [5.74, 6) is -1.35. The third kappa shape index (κ3) is 4.37. The lowest BCUT2D eigenvalue weighted by Crippen LogP contribution is -2.14. The quantitative estimate of drug-likeness (QED) is 0.738. The number of amides is 1. The Labute approximate surface area is 136 Å². The van der Waals surface area contributed by atoms with E-state index in [2.05, 4.69) is 10.6 Å². The number of nitrogens with two attached hydrogens (primary N) is 1. The van der Waals surface area contributed by atoms with Crippen LogP contribution in [0.3, 0.4) is 0 Å². The normalized spacial score (nSPS) is 14.6. The lowest BCUT2D eigenvalue weighted by Gasteiger charge is -2.11. The SMILES string of the molecule is [2H]c1c([2H])c(C([2H])([2H])Nc2ccc(NC(=O)OCC)c(N)c2)c([2H])c([2H])c1F. The van der Waals surface area contributed by atoms with E-state index in [0.717, 1.165) is 0 Å². The molecule has 0 unspecified atom stereocenters. The van der Waals surface area contributed by atoms with Crippen molar-refractivity contribution in [1.29, 1.82) is 0 Å². The van der Waals surface area contributed by atoms with Crippen molar-refractivity contribution in [3.05, 3.63) is 53.7 Å². The van der Waals surface area contributed by atoms with Gasteiger partial charge in [0.2, 0.25) is 0 Å². The van der Waals surface area contributed by atoms with Gasteiger partial charge in [-0.15, -0.1) is 0 Å². The number of hydrogen-bond acceptors (Lipinski definition) is 4. The molecule has 22 heavy (non-hydrogen) atoms. The number of halogens is 1. The van der Waals surface area contributed by atoms with Gasteiger partial charge in [0.15, 0.2) is 0 Å². The Morgan fingerprint density at radius 3 is 2.77 bits per heavy atom. The molecule has 4 N–H and O–H groups in total. The van der Waals surface area contributed by atoms with Crippen molar-refractivity contribution in [1.82, 2.24) is 0 Å². The van der Waals surface area contributed by atoms with E-state index in [4.69, 9.17) is 18.7 Å². The van der Waals surface area contributed by atoms with Crippen LogP contribution in [0.4, 0.5) is 26.2 Å². The number of rotatable bonds is 5. The summed E-state index contributed by atoms with van der Waals surface area (Å²) in [5.41, 5.74) is 5.65. The third-order valence-electron chi connectivity index (χ3n) is 2.49. The molecule has 2 rings (SSSR count). The van der Waals surface area contributed by atoms with Gasteiger partial charge in [-0.25, -0.2) is 9.18 Å². The Balaban J connectivity index is 2.35. The molecular formula is C16H18FN3O2. The summed E-state index contributed by atoms with van der Waals surface area (Å²) in [6.07, 6.45) is -0.708. The zero-order valence-electron chi connectivity index (χ0n) is 17.7. The Hall–Kier alpha value is -2.76. The fourth-order valence-electron chi connectivity index (χ4n) is 1.53. The molecule has 0 saturated heterocycles. The highest BCUT2D eigenvalue weighted by Gasteiger charge is 2.06. The minimum absolute atomic E-state index is 0.0903. The van der Waals surface area contributed by atoms with Gasteiger partial charge in [-0.1, -0.05) is 12.1 Å². The van der Waals surface area contributed by atoms with E-state index in [1.807, 2.05) is 0 Å². The van der Waals surface area contributed by atoms with E-state index in [9.17, 15) is 9.18 Å². The molecule has 0 aliphatic carbocycles. The van der Waals surface area contributed by atoms with E-state index < -0.39 is 48.1 Å². The average molecular weight is 309 g/mol. The van der Waals surface area contributed by atoms with Crippen molar-refractivity contribution in [3.63, 3.8) is 0 Å². The number of ether oxygens (including phenoxy) is 1. The van der Waals surface area contributed by atoms with Crippen molar-refractivity contribution < 1.29 is 22.1 Å². The fraction of sp³-hybridized carbons (Fsp3) is 0.188. The lowest BCUT2D eigenvalue weighted by molar-refractivity contribution is 0.168. The van der Waals surface area contributed by atoms with Gasteiger partial charge in [0, 0.05) is 12.2 Å². The van der Waals surface area contributed by atoms with Gasteiger partial charge >= 0.3 is 6.09 Å². The monoisotopic (exact) mass is 309 g/mol. The predicted molar refractivity (Wildman–Crippen MR) is 85.2 cm³/mol. The number of carbonyl (C=O) groups excluding carboxylic acids is 1. The Bertz CT molecular complexity index is 897. The summed E-state index contributed by atoms with van der Waals surface area (Å²) in [6, 6.07) is 0.499. The van der Waals surface area contributed by atoms with E-state index in [1.165, 1.54) is 18.2 Å². The van der Waals surface area contributed by atoms with E-state index in [0.29, 0.717) is 0 Å². The topological polar surface area (TPSA) is 76.4 Å². The molecule has 0 fully saturated rings. The van der Waals surface area contributed by atoms with Crippen LogP contribution in [-0.2, 0) is 11.2 Å². The molecule has 5 nitrogen and oxygen atoms in total. The molecule has 0 atom stereocenters. The second kappa shape index (κ2) is 7.31. The molecule has 0 aromatic heterocycles. The standard InChI is InChI=1S/C16H18FN3O2/c1-2-22-16(21)20-15-8-7-13(9-14(15)18)19-10-11-3-5-12(17)6-4-11/h3-9,19H,2,10,18H2,1H3,(H,20,21)/i3D,4D,5D,6D,10D2. The summed E-state index contributed by atoms with van der Waals surface area (Å²) in [7, 11) is 0. The van der Waals surface area contributed by atoms with Crippen LogP contribution in [0.5, 0.6) is 0 Å². The van der Waals surface area contributed by atoms with Crippen LogP contribution in [0.2, 0.25) is 0 Å². The Morgan fingerprint density at radius 1 is 1.41 bits per heavy atom. The van der Waals surface area contributed by atoms with Gasteiger partial charge < -0.3 is 15.8 Å². The molecule has 0 spiro atoms. The molecule has 0 aliphatic heterocycles. The number of hydrogen-bond donors (Lipinski definition) is 3. The van der Waals surface area contributed by atoms with Crippen molar-refractivity contribution in [2.75, 3.05) is 23.0 Å². The molecule has 116 valence electrons. The minimum Gasteiger partial charge on any atom is -0.450 e. The van der Waals surface area contributed by atoms with Gasteiger partial charge in [0.25, 0.3) is 0 Å². The number of carbonyl (C=O) groups is 1. The fourth-order valence-corrected chi connectivity index (χ4v) is 1.53. The van der Waals surface area contributed by atoms with Gasteiger partial charge in [0.05, 0.1) is 26.2 Å². The van der Waals surface area contributed by atoms with Crippen molar-refractivity contribution in [2.24, 2.45) is 0 Å². The number of anilines is 3. The first-order valence-electron chi connectivity index (χ1n) is 9.37. The van der Waals surface area contributed by atoms with Crippen LogP contribution in [-0.4, -0.2) is 12.7 Å². The van der Waals surface area contributed by atoms with E-state index in [-0.39, 0.29) is 23.7 Å². The van der Waals surface area contributed by atoms with Crippen LogP contribution in [0, 0.1) is 5.82 Å². The van der Waals surface area contributed by atoms with E-state index >= 15 is 0 Å². The first-order valence-corrected chi connectivity index (χ1v) is 6.37. The first kappa shape index (κ1) is 9.30. The largest absolute Gasteiger partial charge is 0.450 e. The Morgan fingerprint density at radius 2 is 2.14 bits per heavy atom. The van der Waals surface area contributed by atoms with Crippen molar-refractivity contribution >= 4 is 23.2 Å². The van der Waals surface area contributed by atoms with Gasteiger partial charge in [-0.3, -0.25) is 5.32 Å². The molecule has 0 aliphatic rings. The van der Waals surface area contributed by atoms with Crippen molar-refractivity contribution in [3.8, 4) is 0 Å². The summed E-state index contributed by atoms with van der Waals surface area (Å²) in [5, 5.41) is 4.83. The first-order chi connectivity index (χ1) is 13.0. The minimum atomic E-state index is -2.57. The van der Waals surface area contributed by atoms with Crippen LogP contribution in [0.25, 0.3) is 0 Å². The maximum atomic E-state index is 13.7. The summed E-state index contributed by atoms with van der Waals surface area (Å²) < 4.78 is 65.3. The molecule has 1 amide bonds. The maximum absolute atomic E-state index is 13.7. The van der Waals surface area contributed by atoms with Crippen LogP contribution < -0.4 is 16.4 Å². The molecule has 0 bridgehead atoms. The average Bonchev–Trinajstić information content (AvgIpc) is 2.60. The predicted octanol–water partition coefficient (Wildman–Crippen LogP) is 3.59. The second-order valence-corrected chi connectivity index (χ2v) is 4.09. The highest BCUT2D eigenvalue weighted by atomic mass is 19.1. The molecule has 2 aromatic carbocycles. The van der Waals surface area contributed by atoms with Crippen LogP contribution in [0.15, 0.2) is 42.4 Å². The smallest absolute Gasteiger partial charge is 0.411 e. The number of benzene rings is 2. The molecular weight excluding hydrogens is 285 g/mol. The lowest BCUT2D eigenvalue weighted by atomic mass is 10.2. The molecule has 0 heterocycles. The molecule has 0 saturated carbocycles. The van der Waals surface area contributed by atoms with E-state index in [1.54, 1.807) is 6.92 Å². The number of nitrogen functional groups attached to an aromatic ring is 1. The van der Waals surface area contributed by atoms with Crippen molar-refractivity contribution in [2.45, 2.75) is 13.4 Å². The summed E-state index contributed by atoms with van der Waals surface area (Å²) in [6.45, 7) is -0.765. The summed E-state index contributed by atoms with van der Waals surface area (Å²) >= 11 is 0. The highest BCUT2D eigenvalue weighted by Crippen LogP contribution is 2.23. The third-order valence-corrected chi connectivity index (χ3v) is 2.49. The Kier molecular flexibility index (Phi) is 3.09. The van der Waals surface area contributed by atoms with Gasteiger partial charge in [-0.05, 0) is 42.8 Å². The molecule has 6 heteroatoms. The molecule has 0 radical (unpaired) electrons. The zero-order valence-corrected chi connectivity index (χ0v) is 11.7. The van der Waals surface area contributed by atoms with Crippen LogP contribution >= 0.6 is 0 Å². The van der Waals surface area contributed by atoms with Gasteiger partial charge in [-0.2, -0.15) is 0 Å². The second-order valence-electron chi connectivity index (χ2n) is 4.09. The maximum Gasteiger partial charge on any atom is 0.411 e. The van der Waals surface area contributed by atoms with Gasteiger partial charge in [0.1, 0.15) is 5.82 Å². The molecule has 2 aromatic rings. The number of nitrogens with one attached hydrogen (secondary N) is 2.